The lowest BCUT2D eigenvalue weighted by Crippen LogP contribution is -2.30. The van der Waals surface area contributed by atoms with Crippen LogP contribution in [0.3, 0.4) is 0 Å². The molecule has 158 valence electrons. The lowest BCUT2D eigenvalue weighted by atomic mass is 10.2. The van der Waals surface area contributed by atoms with E-state index in [9.17, 15) is 17.6 Å². The summed E-state index contributed by atoms with van der Waals surface area (Å²) in [5, 5.41) is 4.49. The number of nitrogens with zero attached hydrogens (tertiary/aromatic N) is 1. The topological polar surface area (TPSA) is 75.7 Å². The van der Waals surface area contributed by atoms with Crippen LogP contribution in [0.5, 0.6) is 11.5 Å². The number of rotatable bonds is 8. The van der Waals surface area contributed by atoms with Crippen LogP contribution in [-0.2, 0) is 10.0 Å². The van der Waals surface area contributed by atoms with Crippen LogP contribution in [0.2, 0.25) is 0 Å². The summed E-state index contributed by atoms with van der Waals surface area (Å²) >= 11 is 1.26. The van der Waals surface area contributed by atoms with Crippen LogP contribution in [0.1, 0.15) is 23.5 Å². The predicted molar refractivity (Wildman–Crippen MR) is 115 cm³/mol. The minimum atomic E-state index is -3.73. The fourth-order valence-corrected chi connectivity index (χ4v) is 4.89. The molecule has 3 aromatic rings. The molecule has 1 N–H and O–H groups in total. The second kappa shape index (κ2) is 9.38. The molecule has 0 spiro atoms. The van der Waals surface area contributed by atoms with Gasteiger partial charge in [-0.3, -0.25) is 4.79 Å². The summed E-state index contributed by atoms with van der Waals surface area (Å²) in [5.41, 5.74) is 0.200. The Balaban J connectivity index is 2.00. The van der Waals surface area contributed by atoms with E-state index in [4.69, 9.17) is 4.74 Å². The fourth-order valence-electron chi connectivity index (χ4n) is 2.79. The van der Waals surface area contributed by atoms with Gasteiger partial charge in [0, 0.05) is 13.1 Å². The molecule has 0 saturated carbocycles. The van der Waals surface area contributed by atoms with Gasteiger partial charge in [-0.1, -0.05) is 19.9 Å². The van der Waals surface area contributed by atoms with E-state index in [-0.39, 0.29) is 22.2 Å². The van der Waals surface area contributed by atoms with E-state index in [0.29, 0.717) is 23.7 Å². The highest BCUT2D eigenvalue weighted by molar-refractivity contribution is 7.89. The molecule has 2 aromatic carbocycles. The molecular formula is C21H21FN2O4S2. The zero-order valence-electron chi connectivity index (χ0n) is 16.5. The molecule has 3 rings (SSSR count). The Morgan fingerprint density at radius 2 is 1.80 bits per heavy atom. The first-order valence-electron chi connectivity index (χ1n) is 9.27. The number of carbonyl (C=O) groups excluding carboxylic acids is 1. The van der Waals surface area contributed by atoms with Crippen molar-refractivity contribution in [1.82, 2.24) is 4.31 Å². The predicted octanol–water partition coefficient (Wildman–Crippen LogP) is 4.96. The third-order valence-corrected chi connectivity index (χ3v) is 7.24. The second-order valence-electron chi connectivity index (χ2n) is 6.23. The Labute approximate surface area is 179 Å². The maximum atomic E-state index is 13.2. The molecule has 0 atom stereocenters. The van der Waals surface area contributed by atoms with Crippen LogP contribution in [0.25, 0.3) is 0 Å². The number of amides is 1. The number of sulfonamides is 1. The molecule has 0 unspecified atom stereocenters. The molecule has 1 amide bonds. The number of hydrogen-bond acceptors (Lipinski definition) is 5. The van der Waals surface area contributed by atoms with Crippen LogP contribution in [0.4, 0.5) is 10.1 Å². The number of nitrogens with one attached hydrogen (secondary N) is 1. The van der Waals surface area contributed by atoms with E-state index >= 15 is 0 Å². The van der Waals surface area contributed by atoms with Crippen molar-refractivity contribution in [3.05, 3.63) is 70.7 Å². The van der Waals surface area contributed by atoms with Crippen molar-refractivity contribution >= 4 is 33.0 Å². The van der Waals surface area contributed by atoms with Gasteiger partial charge in [-0.05, 0) is 53.9 Å². The second-order valence-corrected chi connectivity index (χ2v) is 9.12. The molecule has 30 heavy (non-hydrogen) atoms. The van der Waals surface area contributed by atoms with Crippen molar-refractivity contribution in [3.8, 4) is 11.5 Å². The molecule has 0 saturated heterocycles. The van der Waals surface area contributed by atoms with E-state index in [1.165, 1.54) is 58.1 Å². The summed E-state index contributed by atoms with van der Waals surface area (Å²) in [4.78, 5) is 13.1. The Morgan fingerprint density at radius 1 is 1.10 bits per heavy atom. The van der Waals surface area contributed by atoms with E-state index in [2.05, 4.69) is 5.32 Å². The van der Waals surface area contributed by atoms with Crippen molar-refractivity contribution in [1.29, 1.82) is 0 Å². The lowest BCUT2D eigenvalue weighted by Gasteiger charge is -2.20. The molecule has 0 aliphatic carbocycles. The minimum absolute atomic E-state index is 0.0409. The lowest BCUT2D eigenvalue weighted by molar-refractivity contribution is 0.103. The number of ether oxygens (including phenoxy) is 1. The first-order valence-corrected chi connectivity index (χ1v) is 11.6. The first-order chi connectivity index (χ1) is 14.3. The number of hydrogen-bond donors (Lipinski definition) is 1. The number of carbonyl (C=O) groups is 1. The zero-order chi connectivity index (χ0) is 21.7. The van der Waals surface area contributed by atoms with Crippen molar-refractivity contribution in [2.75, 3.05) is 18.4 Å². The van der Waals surface area contributed by atoms with Crippen molar-refractivity contribution in [3.63, 3.8) is 0 Å². The van der Waals surface area contributed by atoms with E-state index in [1.807, 2.05) is 0 Å². The Hall–Kier alpha value is -2.75. The van der Waals surface area contributed by atoms with Gasteiger partial charge >= 0.3 is 0 Å². The Bertz CT molecular complexity index is 1110. The average Bonchev–Trinajstić information content (AvgIpc) is 3.26. The summed E-state index contributed by atoms with van der Waals surface area (Å²) in [6.07, 6.45) is 0. The van der Waals surface area contributed by atoms with Gasteiger partial charge in [0.1, 0.15) is 11.6 Å². The van der Waals surface area contributed by atoms with Crippen molar-refractivity contribution in [2.24, 2.45) is 0 Å². The molecule has 0 fully saturated rings. The van der Waals surface area contributed by atoms with Crippen LogP contribution < -0.4 is 10.1 Å². The van der Waals surface area contributed by atoms with Gasteiger partial charge in [0.2, 0.25) is 10.0 Å². The van der Waals surface area contributed by atoms with E-state index < -0.39 is 15.8 Å². The molecule has 1 heterocycles. The van der Waals surface area contributed by atoms with Gasteiger partial charge in [-0.25, -0.2) is 12.8 Å². The summed E-state index contributed by atoms with van der Waals surface area (Å²) < 4.78 is 46.1. The van der Waals surface area contributed by atoms with Crippen molar-refractivity contribution in [2.45, 2.75) is 18.7 Å². The quantitative estimate of drug-likeness (QED) is 0.528. The average molecular weight is 449 g/mol. The summed E-state index contributed by atoms with van der Waals surface area (Å²) in [6.45, 7) is 4.16. The molecule has 0 aliphatic heterocycles. The third kappa shape index (κ3) is 4.86. The summed E-state index contributed by atoms with van der Waals surface area (Å²) in [7, 11) is -3.73. The SMILES string of the molecule is CCN(CC)S(=O)(=O)c1ccc(Oc2ccc(F)cc2)c(NC(=O)c2cccs2)c1. The van der Waals surface area contributed by atoms with Crippen molar-refractivity contribution < 1.29 is 22.3 Å². The minimum Gasteiger partial charge on any atom is -0.455 e. The van der Waals surface area contributed by atoms with Crippen LogP contribution in [-0.4, -0.2) is 31.7 Å². The zero-order valence-corrected chi connectivity index (χ0v) is 18.1. The van der Waals surface area contributed by atoms with E-state index in [0.717, 1.165) is 0 Å². The molecular weight excluding hydrogens is 427 g/mol. The molecule has 9 heteroatoms. The summed E-state index contributed by atoms with van der Waals surface area (Å²) in [6, 6.07) is 13.1. The molecule has 6 nitrogen and oxygen atoms in total. The van der Waals surface area contributed by atoms with Gasteiger partial charge < -0.3 is 10.1 Å². The fraction of sp³-hybridized carbons (Fsp3) is 0.190. The highest BCUT2D eigenvalue weighted by Crippen LogP contribution is 2.33. The number of anilines is 1. The van der Waals surface area contributed by atoms with Crippen LogP contribution in [0.15, 0.2) is 64.9 Å². The van der Waals surface area contributed by atoms with Crippen LogP contribution in [0, 0.1) is 5.82 Å². The standard InChI is InChI=1S/C21H21FN2O4S2/c1-3-24(4-2)30(26,27)17-11-12-19(28-16-9-7-15(22)8-10-16)18(14-17)23-21(25)20-6-5-13-29-20/h5-14H,3-4H2,1-2H3,(H,23,25). The maximum absolute atomic E-state index is 13.2. The Kier molecular flexibility index (Phi) is 6.86. The molecule has 0 aliphatic rings. The van der Waals surface area contributed by atoms with Gasteiger partial charge in [-0.15, -0.1) is 11.3 Å². The molecule has 0 radical (unpaired) electrons. The highest BCUT2D eigenvalue weighted by atomic mass is 32.2. The first kappa shape index (κ1) is 21.9. The van der Waals surface area contributed by atoms with Gasteiger partial charge in [0.05, 0.1) is 15.5 Å². The monoisotopic (exact) mass is 448 g/mol. The number of halogens is 1. The summed E-state index contributed by atoms with van der Waals surface area (Å²) in [5.74, 6) is -0.201. The van der Waals surface area contributed by atoms with Gasteiger partial charge in [-0.2, -0.15) is 4.31 Å². The number of thiophene rings is 1. The number of benzene rings is 2. The molecule has 1 aromatic heterocycles. The molecule has 0 bridgehead atoms. The largest absolute Gasteiger partial charge is 0.455 e. The van der Waals surface area contributed by atoms with Crippen LogP contribution >= 0.6 is 11.3 Å². The van der Waals surface area contributed by atoms with Gasteiger partial charge in [0.15, 0.2) is 5.75 Å². The normalized spacial score (nSPS) is 11.5. The maximum Gasteiger partial charge on any atom is 0.265 e. The third-order valence-electron chi connectivity index (χ3n) is 4.33. The highest BCUT2D eigenvalue weighted by Gasteiger charge is 2.24. The smallest absolute Gasteiger partial charge is 0.265 e. The Morgan fingerprint density at radius 3 is 2.40 bits per heavy atom. The van der Waals surface area contributed by atoms with Gasteiger partial charge in [0.25, 0.3) is 5.91 Å². The van der Waals surface area contributed by atoms with E-state index in [1.54, 1.807) is 31.4 Å².